The van der Waals surface area contributed by atoms with Gasteiger partial charge in [0.15, 0.2) is 0 Å². The Kier molecular flexibility index (Phi) is 4.68. The van der Waals surface area contributed by atoms with Crippen LogP contribution < -0.4 is 0 Å². The first-order valence-corrected chi connectivity index (χ1v) is 7.83. The molecule has 1 N–H and O–H groups in total. The van der Waals surface area contributed by atoms with Gasteiger partial charge in [-0.05, 0) is 31.1 Å². The fourth-order valence-corrected chi connectivity index (χ4v) is 4.00. The lowest BCUT2D eigenvalue weighted by atomic mass is 10.00. The number of hydrogen-bond acceptors (Lipinski definition) is 2. The average molecular weight is 290 g/mol. The van der Waals surface area contributed by atoms with Crippen molar-refractivity contribution < 1.29 is 5.11 Å². The Balaban J connectivity index is 1.80. The van der Waals surface area contributed by atoms with Gasteiger partial charge in [0.25, 0.3) is 0 Å². The van der Waals surface area contributed by atoms with Crippen molar-refractivity contribution in [3.05, 3.63) is 0 Å². The van der Waals surface area contributed by atoms with Gasteiger partial charge in [-0.1, -0.05) is 29.3 Å². The van der Waals surface area contributed by atoms with Crippen LogP contribution in [0.5, 0.6) is 0 Å². The molecule has 0 aromatic heterocycles. The zero-order chi connectivity index (χ0) is 11.5. The predicted octanol–water partition coefficient (Wildman–Crippen LogP) is 2.50. The number of halogens is 1. The normalized spacial score (nSPS) is 36.6. The fourth-order valence-electron chi connectivity index (χ4n) is 3.47. The Morgan fingerprint density at radius 3 is 2.81 bits per heavy atom. The predicted molar refractivity (Wildman–Crippen MR) is 70.9 cm³/mol. The minimum atomic E-state index is -0.0106. The van der Waals surface area contributed by atoms with Crippen LogP contribution in [0.3, 0.4) is 0 Å². The summed E-state index contributed by atoms with van der Waals surface area (Å²) in [6, 6.07) is 0. The van der Waals surface area contributed by atoms with E-state index in [-0.39, 0.29) is 6.10 Å². The molecular formula is C13H24BrNO. The number of aliphatic hydroxyl groups excluding tert-OH is 1. The van der Waals surface area contributed by atoms with Crippen molar-refractivity contribution in [3.8, 4) is 0 Å². The molecule has 0 radical (unpaired) electrons. The van der Waals surface area contributed by atoms with Crippen LogP contribution in [0.25, 0.3) is 0 Å². The standard InChI is InChI=1S/C13H24BrNO/c1-2-3-10(6-14)7-15-8-11-4-5-13(16)12(11)9-15/h10-13,16H,2-9H2,1H3. The second-order valence-electron chi connectivity index (χ2n) is 5.60. The summed E-state index contributed by atoms with van der Waals surface area (Å²) in [6.45, 7) is 5.85. The number of fused-ring (bicyclic) bond motifs is 1. The Bertz CT molecular complexity index is 224. The van der Waals surface area contributed by atoms with Crippen molar-refractivity contribution in [2.24, 2.45) is 17.8 Å². The third-order valence-electron chi connectivity index (χ3n) is 4.33. The molecule has 4 atom stereocenters. The number of nitrogens with zero attached hydrogens (tertiary/aromatic N) is 1. The van der Waals surface area contributed by atoms with E-state index in [1.807, 2.05) is 0 Å². The zero-order valence-corrected chi connectivity index (χ0v) is 11.8. The highest BCUT2D eigenvalue weighted by atomic mass is 79.9. The third-order valence-corrected chi connectivity index (χ3v) is 5.24. The summed E-state index contributed by atoms with van der Waals surface area (Å²) >= 11 is 3.62. The molecule has 2 aliphatic rings. The van der Waals surface area contributed by atoms with E-state index in [4.69, 9.17) is 0 Å². The van der Waals surface area contributed by atoms with Gasteiger partial charge in [0.05, 0.1) is 6.10 Å². The van der Waals surface area contributed by atoms with Gasteiger partial charge in [-0.2, -0.15) is 0 Å². The van der Waals surface area contributed by atoms with Gasteiger partial charge in [0, 0.05) is 30.9 Å². The van der Waals surface area contributed by atoms with Crippen LogP contribution in [-0.2, 0) is 0 Å². The lowest BCUT2D eigenvalue weighted by molar-refractivity contribution is 0.122. The van der Waals surface area contributed by atoms with Crippen molar-refractivity contribution in [2.75, 3.05) is 25.0 Å². The highest BCUT2D eigenvalue weighted by Crippen LogP contribution is 2.38. The van der Waals surface area contributed by atoms with E-state index in [9.17, 15) is 5.11 Å². The molecule has 2 fully saturated rings. The lowest BCUT2D eigenvalue weighted by Gasteiger charge is -2.23. The summed E-state index contributed by atoms with van der Waals surface area (Å²) in [5.41, 5.74) is 0. The van der Waals surface area contributed by atoms with Gasteiger partial charge in [-0.3, -0.25) is 0 Å². The Morgan fingerprint density at radius 1 is 1.38 bits per heavy atom. The molecule has 16 heavy (non-hydrogen) atoms. The second-order valence-corrected chi connectivity index (χ2v) is 6.24. The molecule has 4 unspecified atom stereocenters. The molecule has 0 aromatic carbocycles. The monoisotopic (exact) mass is 289 g/mol. The van der Waals surface area contributed by atoms with E-state index >= 15 is 0 Å². The second kappa shape index (κ2) is 5.83. The molecular weight excluding hydrogens is 266 g/mol. The van der Waals surface area contributed by atoms with E-state index in [1.165, 1.54) is 32.4 Å². The van der Waals surface area contributed by atoms with Crippen LogP contribution in [-0.4, -0.2) is 41.1 Å². The van der Waals surface area contributed by atoms with Crippen LogP contribution in [0.2, 0.25) is 0 Å². The van der Waals surface area contributed by atoms with Gasteiger partial charge in [0.2, 0.25) is 0 Å². The van der Waals surface area contributed by atoms with Crippen molar-refractivity contribution in [1.82, 2.24) is 4.90 Å². The van der Waals surface area contributed by atoms with E-state index < -0.39 is 0 Å². The molecule has 3 heteroatoms. The number of aliphatic hydroxyl groups is 1. The van der Waals surface area contributed by atoms with Gasteiger partial charge in [-0.25, -0.2) is 0 Å². The first-order chi connectivity index (χ1) is 7.74. The number of rotatable bonds is 5. The summed E-state index contributed by atoms with van der Waals surface area (Å²) in [5.74, 6) is 2.16. The quantitative estimate of drug-likeness (QED) is 0.786. The molecule has 2 nitrogen and oxygen atoms in total. The van der Waals surface area contributed by atoms with E-state index in [0.717, 1.165) is 30.1 Å². The average Bonchev–Trinajstić information content (AvgIpc) is 2.81. The largest absolute Gasteiger partial charge is 0.393 e. The maximum atomic E-state index is 9.88. The number of hydrogen-bond donors (Lipinski definition) is 1. The van der Waals surface area contributed by atoms with Gasteiger partial charge < -0.3 is 10.0 Å². The van der Waals surface area contributed by atoms with Gasteiger partial charge in [0.1, 0.15) is 0 Å². The summed E-state index contributed by atoms with van der Waals surface area (Å²) in [5, 5.41) is 11.0. The fraction of sp³-hybridized carbons (Fsp3) is 1.00. The van der Waals surface area contributed by atoms with Crippen LogP contribution in [0.1, 0.15) is 32.6 Å². The van der Waals surface area contributed by atoms with Crippen LogP contribution in [0, 0.1) is 17.8 Å². The van der Waals surface area contributed by atoms with Crippen molar-refractivity contribution in [1.29, 1.82) is 0 Å². The minimum Gasteiger partial charge on any atom is -0.393 e. The molecule has 0 bridgehead atoms. The topological polar surface area (TPSA) is 23.5 Å². The van der Waals surface area contributed by atoms with Crippen molar-refractivity contribution in [3.63, 3.8) is 0 Å². The molecule has 2 rings (SSSR count). The molecule has 0 amide bonds. The zero-order valence-electron chi connectivity index (χ0n) is 10.2. The maximum absolute atomic E-state index is 9.88. The van der Waals surface area contributed by atoms with Crippen molar-refractivity contribution >= 4 is 15.9 Å². The van der Waals surface area contributed by atoms with Crippen LogP contribution in [0.15, 0.2) is 0 Å². The summed E-state index contributed by atoms with van der Waals surface area (Å²) in [7, 11) is 0. The molecule has 1 heterocycles. The Morgan fingerprint density at radius 2 is 2.19 bits per heavy atom. The highest BCUT2D eigenvalue weighted by Gasteiger charge is 2.41. The first kappa shape index (κ1) is 12.8. The Labute approximate surface area is 108 Å². The van der Waals surface area contributed by atoms with Crippen LogP contribution >= 0.6 is 15.9 Å². The SMILES string of the molecule is CCCC(CBr)CN1CC2CCC(O)C2C1. The van der Waals surface area contributed by atoms with E-state index in [1.54, 1.807) is 0 Å². The molecule has 94 valence electrons. The maximum Gasteiger partial charge on any atom is 0.0583 e. The van der Waals surface area contributed by atoms with E-state index in [0.29, 0.717) is 5.92 Å². The van der Waals surface area contributed by atoms with E-state index in [2.05, 4.69) is 27.8 Å². The third kappa shape index (κ3) is 2.80. The summed E-state index contributed by atoms with van der Waals surface area (Å²) in [6.07, 6.45) is 4.87. The lowest BCUT2D eigenvalue weighted by Crippen LogP contribution is -2.30. The molecule has 0 aromatic rings. The molecule has 1 aliphatic carbocycles. The molecule has 1 saturated carbocycles. The number of alkyl halides is 1. The molecule has 0 spiro atoms. The molecule has 1 aliphatic heterocycles. The summed E-state index contributed by atoms with van der Waals surface area (Å²) in [4.78, 5) is 2.58. The highest BCUT2D eigenvalue weighted by molar-refractivity contribution is 9.09. The van der Waals surface area contributed by atoms with Crippen molar-refractivity contribution in [2.45, 2.75) is 38.7 Å². The minimum absolute atomic E-state index is 0.0106. The van der Waals surface area contributed by atoms with Crippen LogP contribution in [0.4, 0.5) is 0 Å². The van der Waals surface area contributed by atoms with Gasteiger partial charge in [-0.15, -0.1) is 0 Å². The summed E-state index contributed by atoms with van der Waals surface area (Å²) < 4.78 is 0. The molecule has 1 saturated heterocycles. The number of likely N-dealkylation sites (tertiary alicyclic amines) is 1. The first-order valence-electron chi connectivity index (χ1n) is 6.71. The smallest absolute Gasteiger partial charge is 0.0583 e. The van der Waals surface area contributed by atoms with Gasteiger partial charge >= 0.3 is 0 Å². The Hall–Kier alpha value is 0.400.